The summed E-state index contributed by atoms with van der Waals surface area (Å²) in [4.78, 5) is 0. The Morgan fingerprint density at radius 3 is 2.81 bits per heavy atom. The van der Waals surface area contributed by atoms with Crippen molar-refractivity contribution in [1.29, 1.82) is 0 Å². The highest BCUT2D eigenvalue weighted by molar-refractivity contribution is 6.30. The molecule has 2 N–H and O–H groups in total. The maximum absolute atomic E-state index is 13.0. The summed E-state index contributed by atoms with van der Waals surface area (Å²) in [6.45, 7) is 6.34. The van der Waals surface area contributed by atoms with Crippen molar-refractivity contribution in [3.05, 3.63) is 34.6 Å². The van der Waals surface area contributed by atoms with Crippen molar-refractivity contribution in [2.75, 3.05) is 19.8 Å². The van der Waals surface area contributed by atoms with E-state index in [0.717, 1.165) is 18.4 Å². The number of aliphatic hydroxyl groups is 1. The van der Waals surface area contributed by atoms with Crippen LogP contribution in [0.1, 0.15) is 32.3 Å². The van der Waals surface area contributed by atoms with E-state index in [4.69, 9.17) is 16.3 Å². The van der Waals surface area contributed by atoms with Gasteiger partial charge in [-0.15, -0.1) is 0 Å². The molecule has 120 valence electrons. The molecule has 0 spiro atoms. The van der Waals surface area contributed by atoms with Gasteiger partial charge in [0.1, 0.15) is 5.82 Å². The zero-order valence-electron chi connectivity index (χ0n) is 12.7. The molecule has 0 saturated heterocycles. The van der Waals surface area contributed by atoms with Crippen LogP contribution in [0, 0.1) is 11.7 Å². The third kappa shape index (κ3) is 8.37. The smallest absolute Gasteiger partial charge is 0.141 e. The van der Waals surface area contributed by atoms with E-state index in [1.165, 1.54) is 6.07 Å². The summed E-state index contributed by atoms with van der Waals surface area (Å²) in [5.41, 5.74) is 0.881. The van der Waals surface area contributed by atoms with Crippen molar-refractivity contribution in [3.63, 3.8) is 0 Å². The van der Waals surface area contributed by atoms with Crippen LogP contribution in [0.5, 0.6) is 0 Å². The molecule has 0 amide bonds. The fourth-order valence-corrected chi connectivity index (χ4v) is 2.11. The Labute approximate surface area is 131 Å². The van der Waals surface area contributed by atoms with Gasteiger partial charge >= 0.3 is 0 Å². The van der Waals surface area contributed by atoms with E-state index in [-0.39, 0.29) is 5.02 Å². The van der Waals surface area contributed by atoms with Crippen molar-refractivity contribution in [1.82, 2.24) is 5.32 Å². The number of hydrogen-bond acceptors (Lipinski definition) is 3. The molecule has 1 atom stereocenters. The van der Waals surface area contributed by atoms with Crippen LogP contribution in [-0.2, 0) is 11.3 Å². The lowest BCUT2D eigenvalue weighted by Crippen LogP contribution is -2.30. The topological polar surface area (TPSA) is 41.5 Å². The van der Waals surface area contributed by atoms with Crippen LogP contribution in [0.2, 0.25) is 5.02 Å². The van der Waals surface area contributed by atoms with Crippen molar-refractivity contribution in [2.45, 2.75) is 39.3 Å². The molecular formula is C16H25ClFNO2. The second kappa shape index (κ2) is 10.1. The Morgan fingerprint density at radius 1 is 1.38 bits per heavy atom. The lowest BCUT2D eigenvalue weighted by Gasteiger charge is -2.13. The second-order valence-corrected chi connectivity index (χ2v) is 6.05. The quantitative estimate of drug-likeness (QED) is 0.650. The SMILES string of the molecule is CC(C)CCCOCC(O)CNCc1ccc(F)c(Cl)c1. The van der Waals surface area contributed by atoms with Gasteiger partial charge in [0.15, 0.2) is 0 Å². The van der Waals surface area contributed by atoms with Gasteiger partial charge in [0.05, 0.1) is 17.7 Å². The highest BCUT2D eigenvalue weighted by Gasteiger charge is 2.05. The van der Waals surface area contributed by atoms with Crippen molar-refractivity contribution < 1.29 is 14.2 Å². The molecule has 0 aliphatic carbocycles. The van der Waals surface area contributed by atoms with Crippen LogP contribution in [-0.4, -0.2) is 31.0 Å². The molecular weight excluding hydrogens is 293 g/mol. The van der Waals surface area contributed by atoms with E-state index < -0.39 is 11.9 Å². The Kier molecular flexibility index (Phi) is 8.85. The third-order valence-electron chi connectivity index (χ3n) is 3.07. The van der Waals surface area contributed by atoms with Crippen molar-refractivity contribution in [3.8, 4) is 0 Å². The molecule has 0 aromatic heterocycles. The second-order valence-electron chi connectivity index (χ2n) is 5.64. The number of aliphatic hydroxyl groups excluding tert-OH is 1. The highest BCUT2D eigenvalue weighted by Crippen LogP contribution is 2.15. The minimum absolute atomic E-state index is 0.114. The van der Waals surface area contributed by atoms with E-state index in [1.54, 1.807) is 12.1 Å². The van der Waals surface area contributed by atoms with Gasteiger partial charge < -0.3 is 15.2 Å². The first-order valence-corrected chi connectivity index (χ1v) is 7.77. The summed E-state index contributed by atoms with van der Waals surface area (Å²) in [5.74, 6) is 0.262. The fraction of sp³-hybridized carbons (Fsp3) is 0.625. The summed E-state index contributed by atoms with van der Waals surface area (Å²) < 4.78 is 18.4. The predicted molar refractivity (Wildman–Crippen MR) is 84.0 cm³/mol. The van der Waals surface area contributed by atoms with Crippen LogP contribution in [0.3, 0.4) is 0 Å². The Hall–Kier alpha value is -0.680. The minimum atomic E-state index is -0.542. The first-order valence-electron chi connectivity index (χ1n) is 7.39. The van der Waals surface area contributed by atoms with E-state index in [0.29, 0.717) is 32.2 Å². The van der Waals surface area contributed by atoms with Gasteiger partial charge in [-0.25, -0.2) is 4.39 Å². The molecule has 0 fully saturated rings. The third-order valence-corrected chi connectivity index (χ3v) is 3.36. The first kappa shape index (κ1) is 18.4. The molecule has 1 aromatic rings. The van der Waals surface area contributed by atoms with E-state index >= 15 is 0 Å². The molecule has 0 bridgehead atoms. The molecule has 3 nitrogen and oxygen atoms in total. The summed E-state index contributed by atoms with van der Waals surface area (Å²) in [7, 11) is 0. The summed E-state index contributed by atoms with van der Waals surface area (Å²) in [6, 6.07) is 4.59. The molecule has 0 radical (unpaired) electrons. The van der Waals surface area contributed by atoms with Crippen LogP contribution in [0.25, 0.3) is 0 Å². The predicted octanol–water partition coefficient (Wildman–Crippen LogP) is 3.38. The zero-order valence-corrected chi connectivity index (χ0v) is 13.5. The standard InChI is InChI=1S/C16H25ClFNO2/c1-12(2)4-3-7-21-11-14(20)10-19-9-13-5-6-16(18)15(17)8-13/h5-6,8,12,14,19-20H,3-4,7,9-11H2,1-2H3. The minimum Gasteiger partial charge on any atom is -0.389 e. The van der Waals surface area contributed by atoms with Gasteiger partial charge in [0.25, 0.3) is 0 Å². The molecule has 0 aliphatic rings. The molecule has 1 rings (SSSR count). The molecule has 0 heterocycles. The molecule has 5 heteroatoms. The van der Waals surface area contributed by atoms with Crippen molar-refractivity contribution in [2.24, 2.45) is 5.92 Å². The molecule has 21 heavy (non-hydrogen) atoms. The van der Waals surface area contributed by atoms with E-state index in [9.17, 15) is 9.50 Å². The highest BCUT2D eigenvalue weighted by atomic mass is 35.5. The number of hydrogen-bond donors (Lipinski definition) is 2. The van der Waals surface area contributed by atoms with E-state index in [2.05, 4.69) is 19.2 Å². The van der Waals surface area contributed by atoms with Gasteiger partial charge in [-0.05, 0) is 36.5 Å². The van der Waals surface area contributed by atoms with Gasteiger partial charge in [0, 0.05) is 19.7 Å². The van der Waals surface area contributed by atoms with Gasteiger partial charge in [-0.3, -0.25) is 0 Å². The Morgan fingerprint density at radius 2 is 2.14 bits per heavy atom. The van der Waals surface area contributed by atoms with Gasteiger partial charge in [-0.2, -0.15) is 0 Å². The lowest BCUT2D eigenvalue weighted by molar-refractivity contribution is 0.0346. The summed E-state index contributed by atoms with van der Waals surface area (Å²) in [5, 5.41) is 13.0. The molecule has 1 unspecified atom stereocenters. The summed E-state index contributed by atoms with van der Waals surface area (Å²) in [6.07, 6.45) is 1.62. The maximum Gasteiger partial charge on any atom is 0.141 e. The normalized spacial score (nSPS) is 12.9. The monoisotopic (exact) mass is 317 g/mol. The van der Waals surface area contributed by atoms with E-state index in [1.807, 2.05) is 0 Å². The lowest BCUT2D eigenvalue weighted by atomic mass is 10.1. The molecule has 0 aliphatic heterocycles. The van der Waals surface area contributed by atoms with Gasteiger partial charge in [0.2, 0.25) is 0 Å². The maximum atomic E-state index is 13.0. The summed E-state index contributed by atoms with van der Waals surface area (Å²) >= 11 is 5.70. The number of rotatable bonds is 10. The average Bonchev–Trinajstić information content (AvgIpc) is 2.42. The van der Waals surface area contributed by atoms with Crippen LogP contribution in [0.4, 0.5) is 4.39 Å². The fourth-order valence-electron chi connectivity index (χ4n) is 1.90. The van der Waals surface area contributed by atoms with Crippen molar-refractivity contribution >= 4 is 11.6 Å². The largest absolute Gasteiger partial charge is 0.389 e. The number of halogens is 2. The Balaban J connectivity index is 2.10. The molecule has 0 saturated carbocycles. The number of ether oxygens (including phenoxy) is 1. The van der Waals surface area contributed by atoms with Crippen LogP contribution >= 0.6 is 11.6 Å². The Bertz CT molecular complexity index is 415. The zero-order chi connectivity index (χ0) is 15.7. The average molecular weight is 318 g/mol. The molecule has 1 aromatic carbocycles. The van der Waals surface area contributed by atoms with Crippen LogP contribution < -0.4 is 5.32 Å². The number of nitrogens with one attached hydrogen (secondary N) is 1. The number of benzene rings is 1. The first-order chi connectivity index (χ1) is 9.99. The van der Waals surface area contributed by atoms with Gasteiger partial charge in [-0.1, -0.05) is 31.5 Å². The van der Waals surface area contributed by atoms with Crippen LogP contribution in [0.15, 0.2) is 18.2 Å².